The van der Waals surface area contributed by atoms with Crippen LogP contribution in [-0.4, -0.2) is 6.54 Å². The van der Waals surface area contributed by atoms with Crippen molar-refractivity contribution in [2.75, 3.05) is 6.54 Å². The lowest BCUT2D eigenvalue weighted by molar-refractivity contribution is 0.439. The molecule has 1 saturated heterocycles. The molecule has 1 aromatic carbocycles. The van der Waals surface area contributed by atoms with E-state index in [9.17, 15) is 17.6 Å². The minimum atomic E-state index is -1.36. The molecule has 1 aromatic rings. The maximum absolute atomic E-state index is 12.9. The quantitative estimate of drug-likeness (QED) is 0.408. The van der Waals surface area contributed by atoms with Crippen LogP contribution in [0, 0.1) is 23.3 Å². The van der Waals surface area contributed by atoms with Gasteiger partial charge in [-0.05, 0) is 0 Å². The molecule has 1 nitrogen and oxygen atoms in total. The number of benzene rings is 1. The third-order valence-electron chi connectivity index (χ3n) is 1.90. The fourth-order valence-corrected chi connectivity index (χ4v) is 1.16. The van der Waals surface area contributed by atoms with E-state index in [0.29, 0.717) is 6.54 Å². The maximum atomic E-state index is 12.9. The molecule has 1 atom stereocenters. The molecule has 0 radical (unpaired) electrons. The van der Waals surface area contributed by atoms with Crippen molar-refractivity contribution in [1.82, 2.24) is 5.32 Å². The normalized spacial score (nSPS) is 20.5. The van der Waals surface area contributed by atoms with Crippen LogP contribution < -0.4 is 5.32 Å². The Balaban J connectivity index is 2.62. The van der Waals surface area contributed by atoms with E-state index in [0.717, 1.165) is 0 Å². The first kappa shape index (κ1) is 8.50. The Morgan fingerprint density at radius 1 is 1.08 bits per heavy atom. The lowest BCUT2D eigenvalue weighted by Crippen LogP contribution is -2.02. The minimum absolute atomic E-state index is 0.205. The second kappa shape index (κ2) is 2.70. The first-order valence-electron chi connectivity index (χ1n) is 3.67. The van der Waals surface area contributed by atoms with Gasteiger partial charge in [-0.15, -0.1) is 0 Å². The van der Waals surface area contributed by atoms with E-state index >= 15 is 0 Å². The molecular formula is C8H5F4N. The summed E-state index contributed by atoms with van der Waals surface area (Å²) in [6, 6.07) is -0.388. The number of rotatable bonds is 1. The second-order valence-electron chi connectivity index (χ2n) is 2.84. The average molecular weight is 191 g/mol. The van der Waals surface area contributed by atoms with Crippen LogP contribution in [0.2, 0.25) is 0 Å². The summed E-state index contributed by atoms with van der Waals surface area (Å²) in [5.74, 6) is -5.34. The summed E-state index contributed by atoms with van der Waals surface area (Å²) >= 11 is 0. The van der Waals surface area contributed by atoms with Crippen LogP contribution >= 0.6 is 0 Å². The Morgan fingerprint density at radius 3 is 1.92 bits per heavy atom. The summed E-state index contributed by atoms with van der Waals surface area (Å²) in [4.78, 5) is 0. The van der Waals surface area contributed by atoms with Crippen molar-refractivity contribution in [3.8, 4) is 0 Å². The molecule has 1 N–H and O–H groups in total. The van der Waals surface area contributed by atoms with E-state index in [1.165, 1.54) is 0 Å². The van der Waals surface area contributed by atoms with Crippen LogP contribution in [0.5, 0.6) is 0 Å². The highest BCUT2D eigenvalue weighted by Gasteiger charge is 2.32. The molecule has 2 rings (SSSR count). The van der Waals surface area contributed by atoms with Crippen LogP contribution in [0.1, 0.15) is 11.6 Å². The van der Waals surface area contributed by atoms with Crippen molar-refractivity contribution in [1.29, 1.82) is 0 Å². The second-order valence-corrected chi connectivity index (χ2v) is 2.84. The first-order valence-corrected chi connectivity index (χ1v) is 3.67. The monoisotopic (exact) mass is 191 g/mol. The lowest BCUT2D eigenvalue weighted by atomic mass is 10.1. The predicted octanol–water partition coefficient (Wildman–Crippen LogP) is 1.89. The molecule has 1 aliphatic heterocycles. The number of hydrogen-bond donors (Lipinski definition) is 1. The molecule has 70 valence electrons. The van der Waals surface area contributed by atoms with Crippen LogP contribution in [-0.2, 0) is 0 Å². The average Bonchev–Trinajstić information content (AvgIpc) is 2.85. The van der Waals surface area contributed by atoms with E-state index in [1.54, 1.807) is 0 Å². The van der Waals surface area contributed by atoms with Gasteiger partial charge in [-0.2, -0.15) is 0 Å². The van der Waals surface area contributed by atoms with Crippen molar-refractivity contribution in [3.63, 3.8) is 0 Å². The zero-order valence-corrected chi connectivity index (χ0v) is 6.37. The van der Waals surface area contributed by atoms with E-state index in [1.807, 2.05) is 0 Å². The zero-order chi connectivity index (χ0) is 9.59. The van der Waals surface area contributed by atoms with Crippen molar-refractivity contribution in [3.05, 3.63) is 34.9 Å². The summed E-state index contributed by atoms with van der Waals surface area (Å²) in [6.45, 7) is 0.344. The summed E-state index contributed by atoms with van der Waals surface area (Å²) < 4.78 is 51.0. The number of hydrogen-bond acceptors (Lipinski definition) is 1. The van der Waals surface area contributed by atoms with E-state index in [4.69, 9.17) is 0 Å². The third-order valence-corrected chi connectivity index (χ3v) is 1.90. The predicted molar refractivity (Wildman–Crippen MR) is 37.0 cm³/mol. The van der Waals surface area contributed by atoms with Gasteiger partial charge in [-0.3, -0.25) is 0 Å². The summed E-state index contributed by atoms with van der Waals surface area (Å²) in [5, 5.41) is 2.57. The Kier molecular flexibility index (Phi) is 1.76. The third kappa shape index (κ3) is 1.29. The van der Waals surface area contributed by atoms with Gasteiger partial charge in [0.2, 0.25) is 0 Å². The topological polar surface area (TPSA) is 21.9 Å². The van der Waals surface area contributed by atoms with Crippen molar-refractivity contribution in [2.45, 2.75) is 6.04 Å². The minimum Gasteiger partial charge on any atom is -0.307 e. The standard InChI is InChI=1S/C8H5F4N/c9-3-1-4(10)8(12)6(7(3)11)5-2-13-5/h1,5,13H,2H2/t5-/m1/s1. The molecule has 5 heteroatoms. The van der Waals surface area contributed by atoms with Gasteiger partial charge in [-0.25, -0.2) is 17.6 Å². The van der Waals surface area contributed by atoms with Gasteiger partial charge in [0, 0.05) is 18.2 Å². The molecule has 1 aliphatic rings. The molecule has 13 heavy (non-hydrogen) atoms. The fourth-order valence-electron chi connectivity index (χ4n) is 1.16. The van der Waals surface area contributed by atoms with Crippen molar-refractivity contribution >= 4 is 0 Å². The number of nitrogens with one attached hydrogen (secondary N) is 1. The van der Waals surface area contributed by atoms with Gasteiger partial charge in [0.1, 0.15) is 0 Å². The summed E-state index contributed by atoms with van der Waals surface area (Å²) in [7, 11) is 0. The Morgan fingerprint density at radius 2 is 1.54 bits per heavy atom. The molecule has 0 aromatic heterocycles. The van der Waals surface area contributed by atoms with Crippen LogP contribution in [0.4, 0.5) is 17.6 Å². The lowest BCUT2D eigenvalue weighted by Gasteiger charge is -2.03. The van der Waals surface area contributed by atoms with Gasteiger partial charge < -0.3 is 5.32 Å². The van der Waals surface area contributed by atoms with Crippen molar-refractivity contribution in [2.24, 2.45) is 0 Å². The largest absolute Gasteiger partial charge is 0.307 e. The molecule has 0 saturated carbocycles. The van der Waals surface area contributed by atoms with Gasteiger partial charge in [-0.1, -0.05) is 0 Å². The molecule has 1 fully saturated rings. The number of halogens is 4. The Labute approximate surface area is 71.4 Å². The Hall–Kier alpha value is -1.10. The SMILES string of the molecule is Fc1cc(F)c(F)c([C@H]2CN2)c1F. The van der Waals surface area contributed by atoms with Gasteiger partial charge in [0.25, 0.3) is 0 Å². The molecule has 0 amide bonds. The fraction of sp³-hybridized carbons (Fsp3) is 0.250. The smallest absolute Gasteiger partial charge is 0.166 e. The van der Waals surface area contributed by atoms with E-state index < -0.39 is 34.9 Å². The molecule has 1 heterocycles. The van der Waals surface area contributed by atoms with Gasteiger partial charge >= 0.3 is 0 Å². The molecular weight excluding hydrogens is 186 g/mol. The molecule has 0 aliphatic carbocycles. The molecule has 0 bridgehead atoms. The molecule has 0 spiro atoms. The first-order chi connectivity index (χ1) is 6.11. The van der Waals surface area contributed by atoms with Crippen LogP contribution in [0.3, 0.4) is 0 Å². The van der Waals surface area contributed by atoms with Crippen LogP contribution in [0.15, 0.2) is 6.07 Å². The van der Waals surface area contributed by atoms with Crippen molar-refractivity contribution < 1.29 is 17.6 Å². The highest BCUT2D eigenvalue weighted by atomic mass is 19.2. The summed E-state index contributed by atoms with van der Waals surface area (Å²) in [6.07, 6.45) is 0. The van der Waals surface area contributed by atoms with Gasteiger partial charge in [0.15, 0.2) is 23.3 Å². The highest BCUT2D eigenvalue weighted by Crippen LogP contribution is 2.29. The zero-order valence-electron chi connectivity index (χ0n) is 6.37. The van der Waals surface area contributed by atoms with Gasteiger partial charge in [0.05, 0.1) is 6.04 Å². The van der Waals surface area contributed by atoms with E-state index in [-0.39, 0.29) is 6.07 Å². The summed E-state index contributed by atoms with van der Waals surface area (Å²) in [5.41, 5.74) is -0.544. The molecule has 0 unspecified atom stereocenters. The van der Waals surface area contributed by atoms with E-state index in [2.05, 4.69) is 5.32 Å². The van der Waals surface area contributed by atoms with Crippen LogP contribution in [0.25, 0.3) is 0 Å². The Bertz CT molecular complexity index is 333. The highest BCUT2D eigenvalue weighted by molar-refractivity contribution is 5.29. The maximum Gasteiger partial charge on any atom is 0.166 e.